The van der Waals surface area contributed by atoms with Crippen LogP contribution in [0.25, 0.3) is 11.1 Å². The molecule has 3 aromatic carbocycles. The molecule has 33 heavy (non-hydrogen) atoms. The van der Waals surface area contributed by atoms with Crippen LogP contribution in [0.15, 0.2) is 72.8 Å². The van der Waals surface area contributed by atoms with Crippen molar-refractivity contribution >= 4 is 40.8 Å². The summed E-state index contributed by atoms with van der Waals surface area (Å²) in [6, 6.07) is 20.1. The van der Waals surface area contributed by atoms with E-state index in [1.54, 1.807) is 24.3 Å². The van der Waals surface area contributed by atoms with E-state index in [0.29, 0.717) is 5.56 Å². The van der Waals surface area contributed by atoms with E-state index in [9.17, 15) is 24.5 Å². The molecule has 2 N–H and O–H groups in total. The number of hydrogen-bond acceptors (Lipinski definition) is 6. The number of hydrogen-bond donors (Lipinski definition) is 2. The van der Waals surface area contributed by atoms with Gasteiger partial charge in [-0.15, -0.1) is 0 Å². The molecule has 0 aliphatic heterocycles. The lowest BCUT2D eigenvalue weighted by Gasteiger charge is -2.09. The molecule has 0 saturated heterocycles. The molecular formula is C23H18ClN3O6. The van der Waals surface area contributed by atoms with Crippen LogP contribution in [0.5, 0.6) is 0 Å². The Morgan fingerprint density at radius 2 is 1.61 bits per heavy atom. The minimum absolute atomic E-state index is 0.0131. The number of halogens is 1. The van der Waals surface area contributed by atoms with Gasteiger partial charge in [0.15, 0.2) is 6.61 Å². The quantitative estimate of drug-likeness (QED) is 0.294. The summed E-state index contributed by atoms with van der Waals surface area (Å²) in [5.41, 5.74) is 2.07. The smallest absolute Gasteiger partial charge is 0.325 e. The molecule has 2 amide bonds. The average Bonchev–Trinajstić information content (AvgIpc) is 2.83. The van der Waals surface area contributed by atoms with Crippen LogP contribution in [0, 0.1) is 10.1 Å². The SMILES string of the molecule is O=C(COC(=O)CNC(=O)c1ccc(-c2ccccc2)cc1)Nc1cc([N+](=O)[O-])ccc1Cl. The van der Waals surface area contributed by atoms with Crippen LogP contribution in [0.4, 0.5) is 11.4 Å². The summed E-state index contributed by atoms with van der Waals surface area (Å²) in [6.45, 7) is -1.09. The maximum absolute atomic E-state index is 12.2. The van der Waals surface area contributed by atoms with Crippen molar-refractivity contribution in [2.75, 3.05) is 18.5 Å². The number of nitro groups is 1. The topological polar surface area (TPSA) is 128 Å². The number of esters is 1. The highest BCUT2D eigenvalue weighted by Gasteiger charge is 2.14. The number of carbonyl (C=O) groups excluding carboxylic acids is 3. The lowest BCUT2D eigenvalue weighted by molar-refractivity contribution is -0.384. The van der Waals surface area contributed by atoms with Gasteiger partial charge in [-0.2, -0.15) is 0 Å². The summed E-state index contributed by atoms with van der Waals surface area (Å²) in [5, 5.41) is 15.7. The number of carbonyl (C=O) groups is 3. The van der Waals surface area contributed by atoms with E-state index < -0.39 is 35.9 Å². The third-order valence-corrected chi connectivity index (χ3v) is 4.78. The molecule has 0 saturated carbocycles. The van der Waals surface area contributed by atoms with Crippen LogP contribution in [-0.4, -0.2) is 35.9 Å². The first-order chi connectivity index (χ1) is 15.8. The van der Waals surface area contributed by atoms with Gasteiger partial charge in [-0.1, -0.05) is 54.1 Å². The van der Waals surface area contributed by atoms with E-state index >= 15 is 0 Å². The van der Waals surface area contributed by atoms with Gasteiger partial charge in [-0.3, -0.25) is 24.5 Å². The predicted octanol–water partition coefficient (Wildman–Crippen LogP) is 3.83. The van der Waals surface area contributed by atoms with Crippen molar-refractivity contribution in [2.24, 2.45) is 0 Å². The molecule has 0 spiro atoms. The highest BCUT2D eigenvalue weighted by atomic mass is 35.5. The Hall–Kier alpha value is -4.24. The van der Waals surface area contributed by atoms with Gasteiger partial charge in [-0.05, 0) is 29.3 Å². The van der Waals surface area contributed by atoms with Crippen LogP contribution in [0.2, 0.25) is 5.02 Å². The Bertz CT molecular complexity index is 1180. The fraction of sp³-hybridized carbons (Fsp3) is 0.0870. The number of nitro benzene ring substituents is 1. The van der Waals surface area contributed by atoms with Crippen molar-refractivity contribution < 1.29 is 24.0 Å². The van der Waals surface area contributed by atoms with Crippen molar-refractivity contribution in [2.45, 2.75) is 0 Å². The average molecular weight is 468 g/mol. The normalized spacial score (nSPS) is 10.2. The van der Waals surface area contributed by atoms with Gasteiger partial charge in [-0.25, -0.2) is 0 Å². The van der Waals surface area contributed by atoms with Crippen LogP contribution in [-0.2, 0) is 14.3 Å². The van der Waals surface area contributed by atoms with Gasteiger partial charge in [0.1, 0.15) is 6.54 Å². The van der Waals surface area contributed by atoms with Gasteiger partial charge < -0.3 is 15.4 Å². The zero-order chi connectivity index (χ0) is 23.8. The first-order valence-electron chi connectivity index (χ1n) is 9.66. The molecule has 10 heteroatoms. The molecular weight excluding hydrogens is 450 g/mol. The highest BCUT2D eigenvalue weighted by molar-refractivity contribution is 6.33. The standard InChI is InChI=1S/C23H18ClN3O6/c24-19-11-10-18(27(31)32)12-20(19)26-21(28)14-33-22(29)13-25-23(30)17-8-6-16(7-9-17)15-4-2-1-3-5-15/h1-12H,13-14H2,(H,25,30)(H,26,28). The van der Waals surface area contributed by atoms with Crippen molar-refractivity contribution in [3.8, 4) is 11.1 Å². The second-order valence-corrected chi connectivity index (χ2v) is 7.16. The molecule has 0 aliphatic carbocycles. The van der Waals surface area contributed by atoms with Gasteiger partial charge >= 0.3 is 5.97 Å². The molecule has 0 fully saturated rings. The monoisotopic (exact) mass is 467 g/mol. The van der Waals surface area contributed by atoms with Gasteiger partial charge in [0.2, 0.25) is 0 Å². The number of ether oxygens (including phenoxy) is 1. The molecule has 0 unspecified atom stereocenters. The summed E-state index contributed by atoms with van der Waals surface area (Å²) in [5.74, 6) is -2.04. The maximum Gasteiger partial charge on any atom is 0.325 e. The lowest BCUT2D eigenvalue weighted by atomic mass is 10.0. The zero-order valence-electron chi connectivity index (χ0n) is 17.1. The largest absolute Gasteiger partial charge is 0.454 e. The first-order valence-corrected chi connectivity index (χ1v) is 10.0. The Morgan fingerprint density at radius 3 is 2.27 bits per heavy atom. The van der Waals surface area contributed by atoms with E-state index in [2.05, 4.69) is 10.6 Å². The molecule has 9 nitrogen and oxygen atoms in total. The summed E-state index contributed by atoms with van der Waals surface area (Å²) >= 11 is 5.90. The molecule has 168 valence electrons. The summed E-state index contributed by atoms with van der Waals surface area (Å²) in [6.07, 6.45) is 0. The summed E-state index contributed by atoms with van der Waals surface area (Å²) < 4.78 is 4.81. The Labute approximate surface area is 193 Å². The van der Waals surface area contributed by atoms with Gasteiger partial charge in [0.25, 0.3) is 17.5 Å². The minimum Gasteiger partial charge on any atom is -0.454 e. The molecule has 0 aliphatic rings. The molecule has 3 rings (SSSR count). The second kappa shape index (κ2) is 10.9. The van der Waals surface area contributed by atoms with Crippen LogP contribution in [0.1, 0.15) is 10.4 Å². The number of amides is 2. The number of non-ortho nitro benzene ring substituents is 1. The third kappa shape index (κ3) is 6.62. The number of benzene rings is 3. The molecule has 0 radical (unpaired) electrons. The zero-order valence-corrected chi connectivity index (χ0v) is 17.9. The number of nitrogens with one attached hydrogen (secondary N) is 2. The highest BCUT2D eigenvalue weighted by Crippen LogP contribution is 2.26. The maximum atomic E-state index is 12.2. The Balaban J connectivity index is 1.45. The Morgan fingerprint density at radius 1 is 0.939 bits per heavy atom. The van der Waals surface area contributed by atoms with E-state index in [0.717, 1.165) is 17.2 Å². The van der Waals surface area contributed by atoms with E-state index in [1.165, 1.54) is 12.1 Å². The molecule has 0 heterocycles. The fourth-order valence-electron chi connectivity index (χ4n) is 2.81. The molecule has 3 aromatic rings. The van der Waals surface area contributed by atoms with Gasteiger partial charge in [0.05, 0.1) is 15.6 Å². The van der Waals surface area contributed by atoms with Crippen LogP contribution in [0.3, 0.4) is 0 Å². The number of anilines is 1. The summed E-state index contributed by atoms with van der Waals surface area (Å²) in [7, 11) is 0. The van der Waals surface area contributed by atoms with Crippen LogP contribution < -0.4 is 10.6 Å². The number of rotatable bonds is 8. The van der Waals surface area contributed by atoms with Crippen LogP contribution >= 0.6 is 11.6 Å². The predicted molar refractivity (Wildman–Crippen MR) is 122 cm³/mol. The Kier molecular flexibility index (Phi) is 7.72. The number of nitrogens with zero attached hydrogens (tertiary/aromatic N) is 1. The minimum atomic E-state index is -0.829. The first kappa shape index (κ1) is 23.4. The van der Waals surface area contributed by atoms with Gasteiger partial charge in [0, 0.05) is 17.7 Å². The van der Waals surface area contributed by atoms with E-state index in [4.69, 9.17) is 16.3 Å². The third-order valence-electron chi connectivity index (χ3n) is 4.45. The van der Waals surface area contributed by atoms with Crippen molar-refractivity contribution in [3.63, 3.8) is 0 Å². The fourth-order valence-corrected chi connectivity index (χ4v) is 2.97. The molecule has 0 bridgehead atoms. The molecule has 0 atom stereocenters. The lowest BCUT2D eigenvalue weighted by Crippen LogP contribution is -2.32. The van der Waals surface area contributed by atoms with Crippen molar-refractivity contribution in [1.82, 2.24) is 5.32 Å². The molecule has 0 aromatic heterocycles. The van der Waals surface area contributed by atoms with E-state index in [1.807, 2.05) is 30.3 Å². The van der Waals surface area contributed by atoms with E-state index in [-0.39, 0.29) is 16.4 Å². The van der Waals surface area contributed by atoms with Crippen molar-refractivity contribution in [3.05, 3.63) is 93.5 Å². The van der Waals surface area contributed by atoms with Crippen molar-refractivity contribution in [1.29, 1.82) is 0 Å². The second-order valence-electron chi connectivity index (χ2n) is 6.76. The summed E-state index contributed by atoms with van der Waals surface area (Å²) in [4.78, 5) is 46.2.